The summed E-state index contributed by atoms with van der Waals surface area (Å²) in [4.78, 5) is 26.0. The highest BCUT2D eigenvalue weighted by Crippen LogP contribution is 2.21. The molecule has 1 saturated heterocycles. The number of piperidine rings is 1. The summed E-state index contributed by atoms with van der Waals surface area (Å²) >= 11 is 1.57. The lowest BCUT2D eigenvalue weighted by atomic mass is 9.96. The van der Waals surface area contributed by atoms with Crippen molar-refractivity contribution in [3.8, 4) is 0 Å². The summed E-state index contributed by atoms with van der Waals surface area (Å²) in [5.41, 5.74) is 0. The second-order valence-electron chi connectivity index (χ2n) is 6.35. The second-order valence-corrected chi connectivity index (χ2v) is 7.41. The van der Waals surface area contributed by atoms with E-state index in [9.17, 15) is 9.59 Å². The van der Waals surface area contributed by atoms with Crippen LogP contribution in [0.1, 0.15) is 25.7 Å². The lowest BCUT2D eigenvalue weighted by Crippen LogP contribution is -2.47. The summed E-state index contributed by atoms with van der Waals surface area (Å²) in [7, 11) is 1.90. The van der Waals surface area contributed by atoms with Crippen LogP contribution in [0, 0.1) is 5.92 Å². The van der Waals surface area contributed by atoms with Crippen molar-refractivity contribution in [1.29, 1.82) is 0 Å². The summed E-state index contributed by atoms with van der Waals surface area (Å²) in [6.07, 6.45) is 5.32. The molecule has 0 bridgehead atoms. The number of hydrogen-bond donors (Lipinski definition) is 2. The molecular formula is C15H24N6O2S. The molecule has 2 heterocycles. The molecule has 0 aromatic carbocycles. The van der Waals surface area contributed by atoms with Crippen molar-refractivity contribution in [2.75, 3.05) is 25.4 Å². The molecule has 1 aromatic heterocycles. The molecule has 0 atom stereocenters. The van der Waals surface area contributed by atoms with Gasteiger partial charge in [-0.25, -0.2) is 4.79 Å². The Labute approximate surface area is 145 Å². The summed E-state index contributed by atoms with van der Waals surface area (Å²) in [6, 6.07) is 0.404. The summed E-state index contributed by atoms with van der Waals surface area (Å²) < 4.78 is 1.86. The van der Waals surface area contributed by atoms with Gasteiger partial charge >= 0.3 is 6.03 Å². The van der Waals surface area contributed by atoms with Crippen LogP contribution in [0.4, 0.5) is 4.79 Å². The van der Waals surface area contributed by atoms with E-state index in [-0.39, 0.29) is 17.9 Å². The van der Waals surface area contributed by atoms with Crippen molar-refractivity contribution in [1.82, 2.24) is 30.3 Å². The molecule has 0 radical (unpaired) electrons. The lowest BCUT2D eigenvalue weighted by molar-refractivity contribution is -0.126. The molecule has 1 saturated carbocycles. The molecule has 1 aliphatic carbocycles. The minimum absolute atomic E-state index is 0.00908. The first-order chi connectivity index (χ1) is 11.6. The monoisotopic (exact) mass is 352 g/mol. The quantitative estimate of drug-likeness (QED) is 0.578. The number of hydrogen-bond acceptors (Lipinski definition) is 5. The minimum atomic E-state index is 0.00908. The van der Waals surface area contributed by atoms with Crippen molar-refractivity contribution in [2.45, 2.75) is 36.9 Å². The molecule has 24 heavy (non-hydrogen) atoms. The zero-order chi connectivity index (χ0) is 16.9. The lowest BCUT2D eigenvalue weighted by Gasteiger charge is -2.31. The molecule has 1 aromatic rings. The first-order valence-electron chi connectivity index (χ1n) is 8.43. The van der Waals surface area contributed by atoms with E-state index in [2.05, 4.69) is 20.8 Å². The maximum absolute atomic E-state index is 12.2. The van der Waals surface area contributed by atoms with Crippen LogP contribution in [0.5, 0.6) is 0 Å². The molecular weight excluding hydrogens is 328 g/mol. The Morgan fingerprint density at radius 1 is 1.29 bits per heavy atom. The van der Waals surface area contributed by atoms with Crippen LogP contribution in [-0.2, 0) is 11.8 Å². The normalized spacial score (nSPS) is 18.5. The van der Waals surface area contributed by atoms with Crippen molar-refractivity contribution < 1.29 is 9.59 Å². The van der Waals surface area contributed by atoms with Gasteiger partial charge in [-0.2, -0.15) is 0 Å². The van der Waals surface area contributed by atoms with Gasteiger partial charge in [-0.1, -0.05) is 11.8 Å². The first kappa shape index (κ1) is 17.1. The molecule has 2 N–H and O–H groups in total. The van der Waals surface area contributed by atoms with Gasteiger partial charge in [0.15, 0.2) is 5.16 Å². The van der Waals surface area contributed by atoms with Crippen LogP contribution in [0.15, 0.2) is 11.5 Å². The Morgan fingerprint density at radius 2 is 2.04 bits per heavy atom. The van der Waals surface area contributed by atoms with Gasteiger partial charge in [-0.3, -0.25) is 4.79 Å². The fraction of sp³-hybridized carbons (Fsp3) is 0.733. The van der Waals surface area contributed by atoms with E-state index in [1.165, 1.54) is 0 Å². The molecule has 3 amide bonds. The fourth-order valence-corrected chi connectivity index (χ4v) is 3.44. The molecule has 8 nitrogen and oxygen atoms in total. The number of amides is 3. The Kier molecular flexibility index (Phi) is 5.60. The smallest absolute Gasteiger partial charge is 0.317 e. The van der Waals surface area contributed by atoms with Gasteiger partial charge in [-0.05, 0) is 25.7 Å². The van der Waals surface area contributed by atoms with E-state index < -0.39 is 0 Å². The Bertz CT molecular complexity index is 580. The summed E-state index contributed by atoms with van der Waals surface area (Å²) in [6.45, 7) is 1.92. The number of aryl methyl sites for hydroxylation is 1. The van der Waals surface area contributed by atoms with Gasteiger partial charge in [0.1, 0.15) is 6.33 Å². The molecule has 3 rings (SSSR count). The number of rotatable bonds is 6. The first-order valence-corrected chi connectivity index (χ1v) is 9.42. The van der Waals surface area contributed by atoms with Crippen molar-refractivity contribution in [3.63, 3.8) is 0 Å². The van der Waals surface area contributed by atoms with E-state index in [0.29, 0.717) is 25.7 Å². The van der Waals surface area contributed by atoms with E-state index in [1.807, 2.05) is 16.5 Å². The third-order valence-electron chi connectivity index (χ3n) is 4.36. The van der Waals surface area contributed by atoms with Gasteiger partial charge in [0, 0.05) is 44.4 Å². The van der Waals surface area contributed by atoms with Gasteiger partial charge < -0.3 is 20.1 Å². The maximum atomic E-state index is 12.2. The van der Waals surface area contributed by atoms with Crippen LogP contribution in [0.2, 0.25) is 0 Å². The number of nitrogens with zero attached hydrogens (tertiary/aromatic N) is 4. The molecule has 2 aliphatic rings. The van der Waals surface area contributed by atoms with Crippen LogP contribution in [-0.4, -0.2) is 63.0 Å². The highest BCUT2D eigenvalue weighted by Gasteiger charge is 2.30. The predicted octanol–water partition coefficient (Wildman–Crippen LogP) is 0.607. The van der Waals surface area contributed by atoms with Crippen molar-refractivity contribution in [3.05, 3.63) is 6.33 Å². The summed E-state index contributed by atoms with van der Waals surface area (Å²) in [5, 5.41) is 14.6. The standard InChI is InChI=1S/C15H24N6O2S/c1-20-10-17-19-15(20)24-9-6-16-13(22)11-4-7-21(8-5-11)14(23)18-12-2-3-12/h10-12H,2-9H2,1H3,(H,16,22)(H,18,23). The maximum Gasteiger partial charge on any atom is 0.317 e. The van der Waals surface area contributed by atoms with Crippen LogP contribution in [0.3, 0.4) is 0 Å². The number of likely N-dealkylation sites (tertiary alicyclic amines) is 1. The Hall–Kier alpha value is -1.77. The van der Waals surface area contributed by atoms with E-state index in [1.54, 1.807) is 18.1 Å². The molecule has 9 heteroatoms. The van der Waals surface area contributed by atoms with Gasteiger partial charge in [0.2, 0.25) is 5.91 Å². The average Bonchev–Trinajstić information content (AvgIpc) is 3.31. The highest BCUT2D eigenvalue weighted by atomic mass is 32.2. The third-order valence-corrected chi connectivity index (χ3v) is 5.40. The summed E-state index contributed by atoms with van der Waals surface area (Å²) in [5.74, 6) is 0.867. The van der Waals surface area contributed by atoms with Crippen LogP contribution in [0.25, 0.3) is 0 Å². The minimum Gasteiger partial charge on any atom is -0.355 e. The number of thioether (sulfide) groups is 1. The van der Waals surface area contributed by atoms with Crippen LogP contribution >= 0.6 is 11.8 Å². The third kappa shape index (κ3) is 4.62. The van der Waals surface area contributed by atoms with Gasteiger partial charge in [-0.15, -0.1) is 10.2 Å². The molecule has 0 unspecified atom stereocenters. The molecule has 2 fully saturated rings. The van der Waals surface area contributed by atoms with E-state index in [0.717, 1.165) is 36.6 Å². The van der Waals surface area contributed by atoms with Crippen molar-refractivity contribution in [2.24, 2.45) is 13.0 Å². The number of nitrogens with one attached hydrogen (secondary N) is 2. The predicted molar refractivity (Wildman–Crippen MR) is 90.6 cm³/mol. The number of carbonyl (C=O) groups excluding carboxylic acids is 2. The fourth-order valence-electron chi connectivity index (χ4n) is 2.70. The average molecular weight is 352 g/mol. The molecule has 0 spiro atoms. The van der Waals surface area contributed by atoms with Crippen molar-refractivity contribution >= 4 is 23.7 Å². The number of urea groups is 1. The Balaban J connectivity index is 1.31. The SMILES string of the molecule is Cn1cnnc1SCCNC(=O)C1CCN(C(=O)NC2CC2)CC1. The highest BCUT2D eigenvalue weighted by molar-refractivity contribution is 7.99. The molecule has 1 aliphatic heterocycles. The second kappa shape index (κ2) is 7.87. The number of aromatic nitrogens is 3. The topological polar surface area (TPSA) is 92.2 Å². The number of carbonyl (C=O) groups is 2. The largest absolute Gasteiger partial charge is 0.355 e. The molecule has 132 valence electrons. The van der Waals surface area contributed by atoms with Crippen LogP contribution < -0.4 is 10.6 Å². The van der Waals surface area contributed by atoms with E-state index >= 15 is 0 Å². The zero-order valence-electron chi connectivity index (χ0n) is 13.9. The zero-order valence-corrected chi connectivity index (χ0v) is 14.7. The Morgan fingerprint density at radius 3 is 2.67 bits per heavy atom. The van der Waals surface area contributed by atoms with E-state index in [4.69, 9.17) is 0 Å². The van der Waals surface area contributed by atoms with Gasteiger partial charge in [0.25, 0.3) is 0 Å². The van der Waals surface area contributed by atoms with Gasteiger partial charge in [0.05, 0.1) is 0 Å².